The third-order valence-corrected chi connectivity index (χ3v) is 3.01. The molecule has 0 spiro atoms. The van der Waals surface area contributed by atoms with Gasteiger partial charge in [0.15, 0.2) is 0 Å². The first kappa shape index (κ1) is 9.56. The van der Waals surface area contributed by atoms with E-state index in [2.05, 4.69) is 17.3 Å². The zero-order valence-corrected chi connectivity index (χ0v) is 9.03. The van der Waals surface area contributed by atoms with Crippen molar-refractivity contribution in [1.82, 2.24) is 9.78 Å². The van der Waals surface area contributed by atoms with Crippen LogP contribution in [0.5, 0.6) is 0 Å². The van der Waals surface area contributed by atoms with Crippen LogP contribution in [-0.2, 0) is 7.05 Å². The number of aromatic nitrogens is 2. The Morgan fingerprint density at radius 2 is 2.36 bits per heavy atom. The van der Waals surface area contributed by atoms with Crippen molar-refractivity contribution in [2.75, 3.05) is 5.32 Å². The summed E-state index contributed by atoms with van der Waals surface area (Å²) in [6.07, 6.45) is 9.30. The van der Waals surface area contributed by atoms with Crippen LogP contribution < -0.4 is 5.32 Å². The van der Waals surface area contributed by atoms with Gasteiger partial charge in [0.25, 0.3) is 0 Å². The van der Waals surface area contributed by atoms with E-state index in [1.807, 2.05) is 24.1 Å². The van der Waals surface area contributed by atoms with E-state index < -0.39 is 0 Å². The van der Waals surface area contributed by atoms with Gasteiger partial charge in [0, 0.05) is 19.3 Å². The lowest BCUT2D eigenvalue weighted by Gasteiger charge is -2.27. The second-order valence-corrected chi connectivity index (χ2v) is 4.52. The van der Waals surface area contributed by atoms with E-state index in [0.29, 0.717) is 6.04 Å². The van der Waals surface area contributed by atoms with Crippen molar-refractivity contribution < 1.29 is 0 Å². The van der Waals surface area contributed by atoms with E-state index in [4.69, 9.17) is 0 Å². The summed E-state index contributed by atoms with van der Waals surface area (Å²) >= 11 is 0. The molecule has 1 aliphatic carbocycles. The number of anilines is 1. The van der Waals surface area contributed by atoms with Crippen molar-refractivity contribution in [1.29, 1.82) is 0 Å². The molecule has 1 aromatic rings. The average Bonchev–Trinajstić information content (AvgIpc) is 2.51. The van der Waals surface area contributed by atoms with Gasteiger partial charge in [-0.1, -0.05) is 19.8 Å². The van der Waals surface area contributed by atoms with E-state index >= 15 is 0 Å². The molecule has 0 bridgehead atoms. The summed E-state index contributed by atoms with van der Waals surface area (Å²) in [5, 5.41) is 7.70. The summed E-state index contributed by atoms with van der Waals surface area (Å²) in [7, 11) is 1.95. The van der Waals surface area contributed by atoms with Gasteiger partial charge in [0.1, 0.15) is 0 Å². The summed E-state index contributed by atoms with van der Waals surface area (Å²) in [6.45, 7) is 2.34. The summed E-state index contributed by atoms with van der Waals surface area (Å²) in [4.78, 5) is 0. The highest BCUT2D eigenvalue weighted by atomic mass is 15.3. The van der Waals surface area contributed by atoms with Gasteiger partial charge in [-0.2, -0.15) is 5.10 Å². The molecule has 78 valence electrons. The maximum absolute atomic E-state index is 4.16. The van der Waals surface area contributed by atoms with Crippen LogP contribution in [0.15, 0.2) is 12.4 Å². The first-order valence-corrected chi connectivity index (χ1v) is 5.49. The van der Waals surface area contributed by atoms with E-state index in [1.165, 1.54) is 25.7 Å². The largest absolute Gasteiger partial charge is 0.380 e. The predicted molar refractivity (Wildman–Crippen MR) is 58.3 cm³/mol. The van der Waals surface area contributed by atoms with Gasteiger partial charge < -0.3 is 5.32 Å². The molecule has 3 heteroatoms. The highest BCUT2D eigenvalue weighted by Crippen LogP contribution is 2.25. The molecule has 2 atom stereocenters. The number of rotatable bonds is 2. The molecule has 3 nitrogen and oxygen atoms in total. The molecule has 14 heavy (non-hydrogen) atoms. The molecule has 1 N–H and O–H groups in total. The van der Waals surface area contributed by atoms with Gasteiger partial charge in [-0.25, -0.2) is 0 Å². The molecule has 1 heterocycles. The van der Waals surface area contributed by atoms with Crippen LogP contribution in [-0.4, -0.2) is 15.8 Å². The third kappa shape index (κ3) is 2.28. The van der Waals surface area contributed by atoms with Gasteiger partial charge in [0.05, 0.1) is 11.9 Å². The SMILES string of the molecule is CC1CCCC(Nc2cnn(C)c2)C1. The van der Waals surface area contributed by atoms with Crippen molar-refractivity contribution in [3.8, 4) is 0 Å². The normalized spacial score (nSPS) is 27.6. The van der Waals surface area contributed by atoms with Gasteiger partial charge in [-0.3, -0.25) is 4.68 Å². The van der Waals surface area contributed by atoms with Crippen molar-refractivity contribution in [3.05, 3.63) is 12.4 Å². The Balaban J connectivity index is 1.90. The lowest BCUT2D eigenvalue weighted by molar-refractivity contribution is 0.358. The fourth-order valence-corrected chi connectivity index (χ4v) is 2.30. The smallest absolute Gasteiger partial charge is 0.0728 e. The topological polar surface area (TPSA) is 29.9 Å². The highest BCUT2D eigenvalue weighted by Gasteiger charge is 2.18. The number of aryl methyl sites for hydroxylation is 1. The van der Waals surface area contributed by atoms with Crippen molar-refractivity contribution >= 4 is 5.69 Å². The average molecular weight is 193 g/mol. The van der Waals surface area contributed by atoms with Crippen LogP contribution in [0.1, 0.15) is 32.6 Å². The number of nitrogens with zero attached hydrogens (tertiary/aromatic N) is 2. The number of hydrogen-bond donors (Lipinski definition) is 1. The number of hydrogen-bond acceptors (Lipinski definition) is 2. The molecular formula is C11H19N3. The predicted octanol–water partition coefficient (Wildman–Crippen LogP) is 2.41. The number of nitrogens with one attached hydrogen (secondary N) is 1. The minimum atomic E-state index is 0.656. The van der Waals surface area contributed by atoms with Crippen molar-refractivity contribution in [3.63, 3.8) is 0 Å². The molecule has 0 saturated heterocycles. The monoisotopic (exact) mass is 193 g/mol. The van der Waals surface area contributed by atoms with Crippen LogP contribution in [0.2, 0.25) is 0 Å². The Hall–Kier alpha value is -0.990. The molecular weight excluding hydrogens is 174 g/mol. The molecule has 1 saturated carbocycles. The zero-order chi connectivity index (χ0) is 9.97. The lowest BCUT2D eigenvalue weighted by Crippen LogP contribution is -2.25. The van der Waals surface area contributed by atoms with Crippen molar-refractivity contribution in [2.24, 2.45) is 13.0 Å². The van der Waals surface area contributed by atoms with E-state index in [0.717, 1.165) is 11.6 Å². The molecule has 0 aliphatic heterocycles. The lowest BCUT2D eigenvalue weighted by atomic mass is 9.87. The zero-order valence-electron chi connectivity index (χ0n) is 9.03. The first-order valence-electron chi connectivity index (χ1n) is 5.49. The van der Waals surface area contributed by atoms with Crippen LogP contribution in [0, 0.1) is 5.92 Å². The molecule has 2 unspecified atom stereocenters. The van der Waals surface area contributed by atoms with Gasteiger partial charge >= 0.3 is 0 Å². The molecule has 1 aliphatic rings. The second-order valence-electron chi connectivity index (χ2n) is 4.52. The maximum Gasteiger partial charge on any atom is 0.0728 e. The molecule has 2 rings (SSSR count). The van der Waals surface area contributed by atoms with Gasteiger partial charge in [0.2, 0.25) is 0 Å². The third-order valence-electron chi connectivity index (χ3n) is 3.01. The van der Waals surface area contributed by atoms with E-state index in [-0.39, 0.29) is 0 Å². The van der Waals surface area contributed by atoms with E-state index in [1.54, 1.807) is 0 Å². The van der Waals surface area contributed by atoms with Gasteiger partial charge in [-0.05, 0) is 18.8 Å². The van der Waals surface area contributed by atoms with Crippen LogP contribution in [0.3, 0.4) is 0 Å². The molecule has 0 amide bonds. The fraction of sp³-hybridized carbons (Fsp3) is 0.727. The summed E-state index contributed by atoms with van der Waals surface area (Å²) < 4.78 is 1.84. The van der Waals surface area contributed by atoms with Crippen molar-refractivity contribution in [2.45, 2.75) is 38.6 Å². The molecule has 0 aromatic carbocycles. The molecule has 0 radical (unpaired) electrons. The van der Waals surface area contributed by atoms with Gasteiger partial charge in [-0.15, -0.1) is 0 Å². The quantitative estimate of drug-likeness (QED) is 0.781. The summed E-state index contributed by atoms with van der Waals surface area (Å²) in [5.74, 6) is 0.873. The summed E-state index contributed by atoms with van der Waals surface area (Å²) in [5.41, 5.74) is 1.16. The highest BCUT2D eigenvalue weighted by molar-refractivity contribution is 5.39. The minimum absolute atomic E-state index is 0.656. The Bertz CT molecular complexity index is 292. The Morgan fingerprint density at radius 1 is 1.50 bits per heavy atom. The van der Waals surface area contributed by atoms with Crippen LogP contribution in [0.4, 0.5) is 5.69 Å². The van der Waals surface area contributed by atoms with E-state index in [9.17, 15) is 0 Å². The fourth-order valence-electron chi connectivity index (χ4n) is 2.30. The minimum Gasteiger partial charge on any atom is -0.380 e. The Kier molecular flexibility index (Phi) is 2.75. The Morgan fingerprint density at radius 3 is 3.00 bits per heavy atom. The first-order chi connectivity index (χ1) is 6.74. The second kappa shape index (κ2) is 4.03. The van der Waals surface area contributed by atoms with Crippen LogP contribution in [0.25, 0.3) is 0 Å². The Labute approximate surface area is 85.5 Å². The van der Waals surface area contributed by atoms with Crippen LogP contribution >= 0.6 is 0 Å². The molecule has 1 aromatic heterocycles. The standard InChI is InChI=1S/C11H19N3/c1-9-4-3-5-10(6-9)13-11-7-12-14(2)8-11/h7-10,13H,3-6H2,1-2H3. The maximum atomic E-state index is 4.16. The summed E-state index contributed by atoms with van der Waals surface area (Å²) in [6, 6.07) is 0.656. The molecule has 1 fully saturated rings.